The van der Waals surface area contributed by atoms with Crippen LogP contribution in [0.5, 0.6) is 0 Å². The van der Waals surface area contributed by atoms with E-state index in [0.717, 1.165) is 25.4 Å². The minimum Gasteiger partial charge on any atom is -0.366 e. The van der Waals surface area contributed by atoms with Gasteiger partial charge in [-0.05, 0) is 42.3 Å². The molecule has 0 atom stereocenters. The Labute approximate surface area is 177 Å². The summed E-state index contributed by atoms with van der Waals surface area (Å²) in [4.78, 5) is 2.41. The zero-order valence-electron chi connectivity index (χ0n) is 16.2. The number of aromatic nitrogens is 1. The Morgan fingerprint density at radius 2 is 1.68 bits per heavy atom. The summed E-state index contributed by atoms with van der Waals surface area (Å²) in [6.07, 6.45) is 6.47. The molecule has 2 aromatic carbocycles. The fourth-order valence-corrected chi connectivity index (χ4v) is 3.71. The van der Waals surface area contributed by atoms with Crippen molar-refractivity contribution in [3.05, 3.63) is 95.8 Å². The van der Waals surface area contributed by atoms with Crippen LogP contribution in [0.1, 0.15) is 23.7 Å². The highest BCUT2D eigenvalue weighted by Crippen LogP contribution is 2.20. The molecule has 3 aromatic rings. The van der Waals surface area contributed by atoms with Crippen molar-refractivity contribution in [3.63, 3.8) is 0 Å². The van der Waals surface area contributed by atoms with Crippen molar-refractivity contribution in [1.29, 1.82) is 0 Å². The van der Waals surface area contributed by atoms with E-state index in [1.165, 1.54) is 22.5 Å². The second kappa shape index (κ2) is 11.0. The van der Waals surface area contributed by atoms with E-state index >= 15 is 0 Å². The first kappa shape index (κ1) is 20.6. The number of hydrogen-bond donors (Lipinski definition) is 1. The van der Waals surface area contributed by atoms with Crippen LogP contribution in [0.2, 0.25) is 0 Å². The number of thiol groups is 1. The highest BCUT2D eigenvalue weighted by molar-refractivity contribution is 8.68. The second-order valence-corrected chi connectivity index (χ2v) is 8.02. The third-order valence-electron chi connectivity index (χ3n) is 4.69. The zero-order chi connectivity index (χ0) is 19.6. The van der Waals surface area contributed by atoms with Crippen molar-refractivity contribution in [1.82, 2.24) is 0 Å². The third-order valence-corrected chi connectivity index (χ3v) is 5.60. The van der Waals surface area contributed by atoms with Crippen LogP contribution in [-0.4, -0.2) is 12.3 Å². The average Bonchev–Trinajstić information content (AvgIpc) is 2.76. The average molecular weight is 408 g/mol. The third kappa shape index (κ3) is 5.91. The van der Waals surface area contributed by atoms with E-state index in [-0.39, 0.29) is 0 Å². The molecule has 0 aliphatic carbocycles. The molecule has 0 aliphatic rings. The lowest BCUT2D eigenvalue weighted by atomic mass is 10.1. The van der Waals surface area contributed by atoms with Gasteiger partial charge in [0.15, 0.2) is 6.20 Å². The van der Waals surface area contributed by atoms with Gasteiger partial charge in [-0.3, -0.25) is 0 Å². The van der Waals surface area contributed by atoms with Crippen LogP contribution in [0.3, 0.4) is 0 Å². The highest BCUT2D eigenvalue weighted by Gasteiger charge is 2.08. The van der Waals surface area contributed by atoms with Crippen molar-refractivity contribution >= 4 is 40.3 Å². The summed E-state index contributed by atoms with van der Waals surface area (Å²) in [5.74, 6) is 0.989. The molecule has 0 unspecified atom stereocenters. The van der Waals surface area contributed by atoms with Crippen LogP contribution in [0.25, 0.3) is 12.2 Å². The topological polar surface area (TPSA) is 7.12 Å². The summed E-state index contributed by atoms with van der Waals surface area (Å²) in [6, 6.07) is 25.7. The first-order valence-corrected chi connectivity index (χ1v) is 11.7. The Morgan fingerprint density at radius 3 is 2.39 bits per heavy atom. The number of pyridine rings is 1. The minimum atomic E-state index is 0.908. The summed E-state index contributed by atoms with van der Waals surface area (Å²) in [5, 5.41) is 0. The largest absolute Gasteiger partial charge is 0.366 e. The van der Waals surface area contributed by atoms with Gasteiger partial charge in [-0.2, -0.15) is 4.57 Å². The van der Waals surface area contributed by atoms with Crippen LogP contribution in [0, 0.1) is 0 Å². The van der Waals surface area contributed by atoms with Gasteiger partial charge in [-0.1, -0.05) is 53.3 Å². The second-order valence-electron chi connectivity index (χ2n) is 6.58. The van der Waals surface area contributed by atoms with Crippen LogP contribution in [0.4, 0.5) is 5.69 Å². The Morgan fingerprint density at radius 1 is 0.929 bits per heavy atom. The van der Waals surface area contributed by atoms with Gasteiger partial charge in [-0.15, -0.1) is 11.7 Å². The van der Waals surface area contributed by atoms with E-state index in [1.807, 2.05) is 0 Å². The van der Waals surface area contributed by atoms with E-state index in [2.05, 4.69) is 119 Å². The molecule has 0 N–H and O–H groups in total. The summed E-state index contributed by atoms with van der Waals surface area (Å²) < 4.78 is 2.24. The van der Waals surface area contributed by atoms with Crippen molar-refractivity contribution in [2.24, 2.45) is 0 Å². The number of anilines is 1. The molecule has 1 aromatic heterocycles. The molecule has 0 spiro atoms. The first-order valence-electron chi connectivity index (χ1n) is 9.62. The Balaban J connectivity index is 1.74. The van der Waals surface area contributed by atoms with E-state index in [0.29, 0.717) is 0 Å². The van der Waals surface area contributed by atoms with E-state index in [4.69, 9.17) is 0 Å². The predicted molar refractivity (Wildman–Crippen MR) is 127 cm³/mol. The highest BCUT2D eigenvalue weighted by atomic mass is 33.1. The van der Waals surface area contributed by atoms with Gasteiger partial charge < -0.3 is 4.90 Å². The smallest absolute Gasteiger partial charge is 0.205 e. The maximum absolute atomic E-state index is 4.31. The van der Waals surface area contributed by atoms with E-state index in [1.54, 1.807) is 10.8 Å². The van der Waals surface area contributed by atoms with Gasteiger partial charge >= 0.3 is 0 Å². The molecule has 0 aliphatic heterocycles. The van der Waals surface area contributed by atoms with Crippen molar-refractivity contribution in [3.8, 4) is 0 Å². The molecule has 0 amide bonds. The molecule has 0 saturated heterocycles. The molecular formula is C24H27N2S2+. The standard InChI is InChI=1S/C24H26N2S2/c1-2-25-17-7-6-10-23(25)14-11-21-12-15-24(16-13-21)26(18-19-28-27)20-22-8-4-3-5-9-22/h3-17H,2,18-20H2,1H3/p+1. The predicted octanol–water partition coefficient (Wildman–Crippen LogP) is 5.75. The maximum Gasteiger partial charge on any atom is 0.205 e. The quantitative estimate of drug-likeness (QED) is 0.274. The fourth-order valence-electron chi connectivity index (χ4n) is 3.16. The van der Waals surface area contributed by atoms with Crippen LogP contribution in [-0.2, 0) is 13.1 Å². The number of aryl methyl sites for hydroxylation is 1. The van der Waals surface area contributed by atoms with Crippen LogP contribution < -0.4 is 9.47 Å². The van der Waals surface area contributed by atoms with Gasteiger partial charge in [0.1, 0.15) is 6.54 Å². The minimum absolute atomic E-state index is 0.908. The molecule has 28 heavy (non-hydrogen) atoms. The zero-order valence-corrected chi connectivity index (χ0v) is 17.9. The monoisotopic (exact) mass is 407 g/mol. The molecule has 144 valence electrons. The lowest BCUT2D eigenvalue weighted by molar-refractivity contribution is -0.695. The lowest BCUT2D eigenvalue weighted by Crippen LogP contribution is -2.34. The van der Waals surface area contributed by atoms with Gasteiger partial charge in [0.05, 0.1) is 0 Å². The molecule has 0 radical (unpaired) electrons. The van der Waals surface area contributed by atoms with Gasteiger partial charge in [-0.25, -0.2) is 0 Å². The molecule has 4 heteroatoms. The van der Waals surface area contributed by atoms with Gasteiger partial charge in [0, 0.05) is 42.7 Å². The number of hydrogen-bond acceptors (Lipinski definition) is 3. The van der Waals surface area contributed by atoms with Gasteiger partial charge in [0.2, 0.25) is 5.69 Å². The Hall–Kier alpha value is -2.17. The van der Waals surface area contributed by atoms with Crippen molar-refractivity contribution < 1.29 is 4.57 Å². The number of rotatable bonds is 9. The molecule has 0 saturated carbocycles. The van der Waals surface area contributed by atoms with E-state index < -0.39 is 0 Å². The molecular weight excluding hydrogens is 380 g/mol. The van der Waals surface area contributed by atoms with Crippen LogP contribution >= 0.6 is 22.5 Å². The molecule has 3 rings (SSSR count). The Bertz CT molecular complexity index is 877. The Kier molecular flexibility index (Phi) is 8.07. The summed E-state index contributed by atoms with van der Waals surface area (Å²) in [6.45, 7) is 5.01. The summed E-state index contributed by atoms with van der Waals surface area (Å²) >= 11 is 4.31. The molecule has 0 fully saturated rings. The number of nitrogens with zero attached hydrogens (tertiary/aromatic N) is 2. The number of benzene rings is 2. The molecule has 2 nitrogen and oxygen atoms in total. The molecule has 1 heterocycles. The fraction of sp³-hybridized carbons (Fsp3) is 0.208. The van der Waals surface area contributed by atoms with Crippen molar-refractivity contribution in [2.45, 2.75) is 20.0 Å². The SMILES string of the molecule is CC[n+]1ccccc1/C=C/c1ccc(N(CCSS)Cc2ccccc2)cc1. The maximum atomic E-state index is 4.31. The molecule has 0 bridgehead atoms. The summed E-state index contributed by atoms with van der Waals surface area (Å²) in [7, 11) is 1.59. The van der Waals surface area contributed by atoms with Crippen molar-refractivity contribution in [2.75, 3.05) is 17.2 Å². The first-order chi connectivity index (χ1) is 13.8. The lowest BCUT2D eigenvalue weighted by Gasteiger charge is -2.25. The van der Waals surface area contributed by atoms with Crippen LogP contribution in [0.15, 0.2) is 79.0 Å². The normalized spacial score (nSPS) is 11.1. The summed E-state index contributed by atoms with van der Waals surface area (Å²) in [5.41, 5.74) is 4.99. The van der Waals surface area contributed by atoms with Gasteiger partial charge in [0.25, 0.3) is 0 Å². The van der Waals surface area contributed by atoms with E-state index in [9.17, 15) is 0 Å².